The highest BCUT2D eigenvalue weighted by atomic mass is 19.1. The van der Waals surface area contributed by atoms with E-state index >= 15 is 0 Å². The Hall–Kier alpha value is -3.06. The quantitative estimate of drug-likeness (QED) is 0.0730. The number of aryl methyl sites for hydroxylation is 1. The second kappa shape index (κ2) is 30.8. The minimum Gasteiger partial charge on any atom is -0.462 e. The molecule has 0 amide bonds. The second-order valence-electron chi connectivity index (χ2n) is 27.5. The number of nitrogens with two attached hydrogens (primary N) is 1. The average molecular weight is 1070 g/mol. The first kappa shape index (κ1) is 62.5. The van der Waals surface area contributed by atoms with Gasteiger partial charge in [0.15, 0.2) is 0 Å². The van der Waals surface area contributed by atoms with E-state index in [-0.39, 0.29) is 29.9 Å². The number of rotatable bonds is 21. The number of hydrogen-bond donors (Lipinski definition) is 3. The molecule has 9 rings (SSSR count). The maximum Gasteiger partial charge on any atom is 0.309 e. The molecule has 5 nitrogen and oxygen atoms in total. The standard InChI is InChI=1S/C27H48O.C23H24FN.C22H40O3/c1-18(2)7-6-8-19(3)23-11-12-24-22-10-9-20-17-21(28)13-15-26(20,4)25(22)14-16-27(23,24)5;1-2-3-17-4-8-19(9-5-17)21-12-13-22(23(24)16-21)20-10-6-18(7-11-20)14-15-25;1-2-7-18-11-15-21(16-12-18)25-22(24)20-13-9-19(10-14-20)8-5-3-4-6-17-23/h18-25,28H,6-17H2,1-5H3;4-13,16H,2-3,14-15,25H2,1H3;18-21,23H,2-17H2,1H3/t19-,20+,21+,22+,23-,24+,25+,26+,27-;;/m1../s1. The monoisotopic (exact) mass is 1070 g/mol. The molecule has 4 N–H and O–H groups in total. The van der Waals surface area contributed by atoms with Crippen LogP contribution in [0.5, 0.6) is 0 Å². The molecule has 0 unspecified atom stereocenters. The molecule has 0 heterocycles. The number of esters is 1. The summed E-state index contributed by atoms with van der Waals surface area (Å²) in [5.41, 5.74) is 12.7. The van der Waals surface area contributed by atoms with E-state index in [2.05, 4.69) is 72.7 Å². The number of carbonyl (C=O) groups is 1. The number of benzene rings is 3. The zero-order valence-corrected chi connectivity index (χ0v) is 50.6. The largest absolute Gasteiger partial charge is 0.462 e. The van der Waals surface area contributed by atoms with Gasteiger partial charge in [-0.3, -0.25) is 4.79 Å². The molecule has 6 saturated carbocycles. The molecule has 6 fully saturated rings. The van der Waals surface area contributed by atoms with Crippen molar-refractivity contribution in [3.63, 3.8) is 0 Å². The Morgan fingerprint density at radius 3 is 1.94 bits per heavy atom. The fourth-order valence-electron chi connectivity index (χ4n) is 17.2. The van der Waals surface area contributed by atoms with Gasteiger partial charge >= 0.3 is 5.97 Å². The first-order chi connectivity index (χ1) is 37.7. The number of carbonyl (C=O) groups excluding carboxylic acids is 1. The highest BCUT2D eigenvalue weighted by Crippen LogP contribution is 2.68. The van der Waals surface area contributed by atoms with Crippen LogP contribution in [0.4, 0.5) is 4.39 Å². The number of hydrogen-bond acceptors (Lipinski definition) is 5. The minimum absolute atomic E-state index is 0.00830. The summed E-state index contributed by atoms with van der Waals surface area (Å²) in [6, 6.07) is 21.8. The molecule has 6 aliphatic rings. The lowest BCUT2D eigenvalue weighted by molar-refractivity contribution is -0.157. The van der Waals surface area contributed by atoms with Gasteiger partial charge in [0.1, 0.15) is 11.9 Å². The molecule has 78 heavy (non-hydrogen) atoms. The van der Waals surface area contributed by atoms with Gasteiger partial charge in [0.25, 0.3) is 0 Å². The number of unbranched alkanes of at least 4 members (excludes halogenated alkanes) is 3. The smallest absolute Gasteiger partial charge is 0.309 e. The molecule has 6 heteroatoms. The van der Waals surface area contributed by atoms with Crippen molar-refractivity contribution < 1.29 is 24.1 Å². The topological polar surface area (TPSA) is 92.8 Å². The molecular formula is C72H112FNO4. The van der Waals surface area contributed by atoms with Crippen LogP contribution in [0.25, 0.3) is 22.3 Å². The van der Waals surface area contributed by atoms with Crippen molar-refractivity contribution in [2.75, 3.05) is 13.2 Å². The highest BCUT2D eigenvalue weighted by molar-refractivity contribution is 5.73. The molecule has 0 aliphatic heterocycles. The first-order valence-corrected chi connectivity index (χ1v) is 32.9. The van der Waals surface area contributed by atoms with E-state index in [0.29, 0.717) is 29.5 Å². The third kappa shape index (κ3) is 16.8. The van der Waals surface area contributed by atoms with Gasteiger partial charge in [-0.05, 0) is 233 Å². The number of ether oxygens (including phenoxy) is 1. The highest BCUT2D eigenvalue weighted by Gasteiger charge is 2.60. The molecule has 436 valence electrons. The van der Waals surface area contributed by atoms with E-state index in [1.54, 1.807) is 6.07 Å². The van der Waals surface area contributed by atoms with Gasteiger partial charge in [0.05, 0.1) is 12.0 Å². The summed E-state index contributed by atoms with van der Waals surface area (Å²) in [5, 5.41) is 19.1. The van der Waals surface area contributed by atoms with Crippen molar-refractivity contribution in [1.82, 2.24) is 0 Å². The molecule has 9 atom stereocenters. The maximum atomic E-state index is 14.7. The summed E-state index contributed by atoms with van der Waals surface area (Å²) >= 11 is 0. The van der Waals surface area contributed by atoms with E-state index < -0.39 is 0 Å². The first-order valence-electron chi connectivity index (χ1n) is 32.9. The zero-order valence-electron chi connectivity index (χ0n) is 50.6. The molecule has 0 bridgehead atoms. The van der Waals surface area contributed by atoms with E-state index in [9.17, 15) is 14.3 Å². The fourth-order valence-corrected chi connectivity index (χ4v) is 17.2. The minimum atomic E-state index is -0.193. The van der Waals surface area contributed by atoms with Crippen molar-refractivity contribution in [3.05, 3.63) is 83.7 Å². The number of aliphatic hydroxyl groups excluding tert-OH is 2. The van der Waals surface area contributed by atoms with E-state index in [1.165, 1.54) is 133 Å². The lowest BCUT2D eigenvalue weighted by atomic mass is 9.44. The van der Waals surface area contributed by atoms with Crippen LogP contribution >= 0.6 is 0 Å². The van der Waals surface area contributed by atoms with E-state index in [0.717, 1.165) is 141 Å². The van der Waals surface area contributed by atoms with Crippen molar-refractivity contribution in [3.8, 4) is 22.3 Å². The van der Waals surface area contributed by atoms with Crippen molar-refractivity contribution in [1.29, 1.82) is 0 Å². The lowest BCUT2D eigenvalue weighted by Crippen LogP contribution is -2.54. The normalized spacial score (nSPS) is 30.9. The van der Waals surface area contributed by atoms with Gasteiger partial charge in [0.2, 0.25) is 0 Å². The Kier molecular flexibility index (Phi) is 24.7. The van der Waals surface area contributed by atoms with E-state index in [1.807, 2.05) is 36.4 Å². The summed E-state index contributed by atoms with van der Waals surface area (Å²) in [6.07, 6.45) is 37.5. The maximum absolute atomic E-state index is 14.7. The molecule has 6 aliphatic carbocycles. The molecule has 3 aromatic rings. The SMILES string of the molecule is CC(C)CCC[C@@H](C)[C@H]1CC[C@H]2[C@@H]3CC[C@H]4C[C@@H](O)CC[C@]4(C)[C@H]3CC[C@]12C.CCCC1CCC(OC(=O)C2CCC(CCCCCCO)CC2)CC1.CCCc1ccc(-c2ccc(-c3ccc(CCN)cc3)c(F)c2)cc1. The third-order valence-corrected chi connectivity index (χ3v) is 21.8. The molecule has 0 saturated heterocycles. The van der Waals surface area contributed by atoms with Gasteiger partial charge in [-0.1, -0.05) is 173 Å². The van der Waals surface area contributed by atoms with Gasteiger partial charge in [-0.15, -0.1) is 0 Å². The third-order valence-electron chi connectivity index (χ3n) is 21.8. The molecular weight excluding hydrogens is 962 g/mol. The molecule has 3 aromatic carbocycles. The lowest BCUT2D eigenvalue weighted by Gasteiger charge is -2.61. The van der Waals surface area contributed by atoms with Crippen LogP contribution in [-0.2, 0) is 22.4 Å². The molecule has 0 aromatic heterocycles. The van der Waals surface area contributed by atoms with Gasteiger partial charge in [0, 0.05) is 12.2 Å². The van der Waals surface area contributed by atoms with Crippen molar-refractivity contribution >= 4 is 5.97 Å². The van der Waals surface area contributed by atoms with Gasteiger partial charge < -0.3 is 20.7 Å². The Labute approximate surface area is 476 Å². The Balaban J connectivity index is 0.000000170. The van der Waals surface area contributed by atoms with Crippen molar-refractivity contribution in [2.45, 2.75) is 253 Å². The summed E-state index contributed by atoms with van der Waals surface area (Å²) in [6.45, 7) is 18.1. The predicted octanol–water partition coefficient (Wildman–Crippen LogP) is 18.7. The number of aliphatic hydroxyl groups is 2. The van der Waals surface area contributed by atoms with Crippen LogP contribution in [0.1, 0.15) is 239 Å². The van der Waals surface area contributed by atoms with Gasteiger partial charge in [-0.25, -0.2) is 4.39 Å². The van der Waals surface area contributed by atoms with Gasteiger partial charge in [-0.2, -0.15) is 0 Å². The zero-order chi connectivity index (χ0) is 55.7. The fraction of sp³-hybridized carbons (Fsp3) is 0.736. The average Bonchev–Trinajstić information content (AvgIpc) is 3.97. The van der Waals surface area contributed by atoms with Crippen LogP contribution < -0.4 is 5.73 Å². The summed E-state index contributed by atoms with van der Waals surface area (Å²) < 4.78 is 20.5. The summed E-state index contributed by atoms with van der Waals surface area (Å²) in [4.78, 5) is 12.5. The van der Waals surface area contributed by atoms with Crippen LogP contribution in [0.2, 0.25) is 0 Å². The molecule has 0 spiro atoms. The van der Waals surface area contributed by atoms with Crippen molar-refractivity contribution in [2.24, 2.45) is 75.7 Å². The van der Waals surface area contributed by atoms with Crippen LogP contribution in [-0.4, -0.2) is 41.5 Å². The number of halogens is 1. The Morgan fingerprint density at radius 2 is 1.28 bits per heavy atom. The van der Waals surface area contributed by atoms with E-state index in [4.69, 9.17) is 15.6 Å². The predicted molar refractivity (Wildman–Crippen MR) is 325 cm³/mol. The molecule has 0 radical (unpaired) electrons. The van der Waals surface area contributed by atoms with Crippen LogP contribution in [0.3, 0.4) is 0 Å². The van der Waals surface area contributed by atoms with Crippen LogP contribution in [0.15, 0.2) is 66.7 Å². The number of fused-ring (bicyclic) bond motifs is 5. The van der Waals surface area contributed by atoms with Crippen LogP contribution in [0, 0.1) is 75.8 Å². The Bertz CT molecular complexity index is 2190. The Morgan fingerprint density at radius 1 is 0.654 bits per heavy atom. The summed E-state index contributed by atoms with van der Waals surface area (Å²) in [7, 11) is 0. The second-order valence-corrected chi connectivity index (χ2v) is 27.5. The summed E-state index contributed by atoms with van der Waals surface area (Å²) in [5.74, 6) is 8.24.